The number of nitrogens with zero attached hydrogens (tertiary/aromatic N) is 2. The summed E-state index contributed by atoms with van der Waals surface area (Å²) in [6, 6.07) is 0.0489. The first-order valence-electron chi connectivity index (χ1n) is 8.45. The number of piperidine rings is 1. The third-order valence-electron chi connectivity index (χ3n) is 4.78. The summed E-state index contributed by atoms with van der Waals surface area (Å²) < 4.78 is 5.17. The number of amides is 2. The smallest absolute Gasteiger partial charge is 0.248 e. The predicted octanol–water partition coefficient (Wildman–Crippen LogP) is 0.472. The molecule has 22 heavy (non-hydrogen) atoms. The van der Waals surface area contributed by atoms with Gasteiger partial charge in [-0.15, -0.1) is 0 Å². The molecule has 0 aliphatic carbocycles. The molecule has 0 unspecified atom stereocenters. The number of likely N-dealkylation sites (tertiary alicyclic amines) is 2. The van der Waals surface area contributed by atoms with Crippen molar-refractivity contribution in [3.05, 3.63) is 0 Å². The van der Waals surface area contributed by atoms with Gasteiger partial charge in [0.2, 0.25) is 11.8 Å². The topological polar surface area (TPSA) is 61.9 Å². The molecule has 2 fully saturated rings. The predicted molar refractivity (Wildman–Crippen MR) is 84.5 cm³/mol. The van der Waals surface area contributed by atoms with Crippen LogP contribution in [0.25, 0.3) is 0 Å². The minimum atomic E-state index is 0.0489. The molecule has 0 radical (unpaired) electrons. The molecule has 2 amide bonds. The average molecular weight is 311 g/mol. The van der Waals surface area contributed by atoms with Gasteiger partial charge in [-0.25, -0.2) is 0 Å². The van der Waals surface area contributed by atoms with Crippen molar-refractivity contribution in [2.45, 2.75) is 38.6 Å². The van der Waals surface area contributed by atoms with Crippen LogP contribution < -0.4 is 5.32 Å². The van der Waals surface area contributed by atoms with E-state index in [1.165, 1.54) is 0 Å². The van der Waals surface area contributed by atoms with E-state index in [2.05, 4.69) is 10.2 Å². The fourth-order valence-corrected chi connectivity index (χ4v) is 3.27. The minimum Gasteiger partial charge on any atom is -0.372 e. The number of hydrogen-bond donors (Lipinski definition) is 1. The lowest BCUT2D eigenvalue weighted by atomic mass is 9.96. The molecule has 0 saturated carbocycles. The SMILES string of the molecule is CCOCC(=O)N1CCC(CNC(=O)[C@@H]2CCCN2C)CC1. The fourth-order valence-electron chi connectivity index (χ4n) is 3.27. The normalized spacial score (nSPS) is 23.7. The number of likely N-dealkylation sites (N-methyl/N-ethyl adjacent to an activating group) is 1. The van der Waals surface area contributed by atoms with Crippen molar-refractivity contribution in [3.63, 3.8) is 0 Å². The van der Waals surface area contributed by atoms with Crippen LogP contribution in [0.2, 0.25) is 0 Å². The molecule has 2 heterocycles. The molecular weight excluding hydrogens is 282 g/mol. The van der Waals surface area contributed by atoms with E-state index in [0.717, 1.165) is 51.9 Å². The van der Waals surface area contributed by atoms with Gasteiger partial charge in [-0.3, -0.25) is 14.5 Å². The average Bonchev–Trinajstić information content (AvgIpc) is 2.97. The van der Waals surface area contributed by atoms with Crippen LogP contribution in [-0.4, -0.2) is 74.1 Å². The Balaban J connectivity index is 1.65. The molecule has 0 aromatic heterocycles. The Morgan fingerprint density at radius 1 is 1.18 bits per heavy atom. The zero-order valence-electron chi connectivity index (χ0n) is 13.8. The van der Waals surface area contributed by atoms with Crippen LogP contribution in [0.15, 0.2) is 0 Å². The molecule has 2 aliphatic rings. The van der Waals surface area contributed by atoms with Crippen molar-refractivity contribution in [2.75, 3.05) is 46.4 Å². The summed E-state index contributed by atoms with van der Waals surface area (Å²) in [6.07, 6.45) is 3.99. The molecule has 0 bridgehead atoms. The minimum absolute atomic E-state index is 0.0489. The van der Waals surface area contributed by atoms with Crippen LogP contribution in [0.1, 0.15) is 32.6 Å². The zero-order chi connectivity index (χ0) is 15.9. The lowest BCUT2D eigenvalue weighted by molar-refractivity contribution is -0.137. The Morgan fingerprint density at radius 3 is 2.50 bits per heavy atom. The molecular formula is C16H29N3O3. The van der Waals surface area contributed by atoms with Gasteiger partial charge in [-0.05, 0) is 52.1 Å². The van der Waals surface area contributed by atoms with Crippen LogP contribution in [0.3, 0.4) is 0 Å². The number of hydrogen-bond acceptors (Lipinski definition) is 4. The molecule has 0 aromatic rings. The highest BCUT2D eigenvalue weighted by atomic mass is 16.5. The van der Waals surface area contributed by atoms with E-state index in [1.54, 1.807) is 0 Å². The molecule has 1 N–H and O–H groups in total. The van der Waals surface area contributed by atoms with E-state index in [-0.39, 0.29) is 24.5 Å². The van der Waals surface area contributed by atoms with Gasteiger partial charge < -0.3 is 15.0 Å². The van der Waals surface area contributed by atoms with Crippen molar-refractivity contribution in [1.29, 1.82) is 0 Å². The highest BCUT2D eigenvalue weighted by molar-refractivity contribution is 5.82. The molecule has 6 heteroatoms. The number of carbonyl (C=O) groups excluding carboxylic acids is 2. The van der Waals surface area contributed by atoms with E-state index >= 15 is 0 Å². The van der Waals surface area contributed by atoms with Gasteiger partial charge in [-0.1, -0.05) is 0 Å². The first-order chi connectivity index (χ1) is 10.6. The van der Waals surface area contributed by atoms with E-state index < -0.39 is 0 Å². The Morgan fingerprint density at radius 2 is 1.91 bits per heavy atom. The van der Waals surface area contributed by atoms with Crippen LogP contribution in [0.4, 0.5) is 0 Å². The van der Waals surface area contributed by atoms with Crippen molar-refractivity contribution in [2.24, 2.45) is 5.92 Å². The summed E-state index contributed by atoms with van der Waals surface area (Å²) in [4.78, 5) is 28.0. The second-order valence-corrected chi connectivity index (χ2v) is 6.35. The van der Waals surface area contributed by atoms with Crippen LogP contribution in [0, 0.1) is 5.92 Å². The standard InChI is InChI=1S/C16H29N3O3/c1-3-22-12-15(20)19-9-6-13(7-10-19)11-17-16(21)14-5-4-8-18(14)2/h13-14H,3-12H2,1-2H3,(H,17,21)/t14-/m0/s1. The molecule has 0 spiro atoms. The Kier molecular flexibility index (Phi) is 6.64. The Hall–Kier alpha value is -1.14. The van der Waals surface area contributed by atoms with Crippen LogP contribution in [0.5, 0.6) is 0 Å². The summed E-state index contributed by atoms with van der Waals surface area (Å²) >= 11 is 0. The highest BCUT2D eigenvalue weighted by Gasteiger charge is 2.28. The van der Waals surface area contributed by atoms with Gasteiger partial charge in [-0.2, -0.15) is 0 Å². The maximum atomic E-state index is 12.2. The summed E-state index contributed by atoms with van der Waals surface area (Å²) in [6.45, 7) is 5.94. The first-order valence-corrected chi connectivity index (χ1v) is 8.45. The van der Waals surface area contributed by atoms with Crippen LogP contribution in [-0.2, 0) is 14.3 Å². The van der Waals surface area contributed by atoms with Crippen LogP contribution >= 0.6 is 0 Å². The third kappa shape index (κ3) is 4.68. The monoisotopic (exact) mass is 311 g/mol. The van der Waals surface area contributed by atoms with Gasteiger partial charge in [0.15, 0.2) is 0 Å². The first kappa shape index (κ1) is 17.2. The summed E-state index contributed by atoms with van der Waals surface area (Å²) in [7, 11) is 2.01. The largest absolute Gasteiger partial charge is 0.372 e. The molecule has 1 atom stereocenters. The van der Waals surface area contributed by atoms with Crippen molar-refractivity contribution in [1.82, 2.24) is 15.1 Å². The molecule has 6 nitrogen and oxygen atoms in total. The molecule has 2 saturated heterocycles. The van der Waals surface area contributed by atoms with Gasteiger partial charge in [0.05, 0.1) is 6.04 Å². The summed E-state index contributed by atoms with van der Waals surface area (Å²) in [5, 5.41) is 3.09. The second kappa shape index (κ2) is 8.48. The Bertz CT molecular complexity index is 381. The zero-order valence-corrected chi connectivity index (χ0v) is 13.8. The van der Waals surface area contributed by atoms with Gasteiger partial charge in [0.25, 0.3) is 0 Å². The van der Waals surface area contributed by atoms with Crippen molar-refractivity contribution < 1.29 is 14.3 Å². The van der Waals surface area contributed by atoms with E-state index in [4.69, 9.17) is 4.74 Å². The Labute approximate surface area is 133 Å². The number of rotatable bonds is 6. The lowest BCUT2D eigenvalue weighted by Gasteiger charge is -2.32. The molecule has 2 aliphatic heterocycles. The molecule has 2 rings (SSSR count). The molecule has 126 valence electrons. The van der Waals surface area contributed by atoms with E-state index in [9.17, 15) is 9.59 Å². The second-order valence-electron chi connectivity index (χ2n) is 6.35. The highest BCUT2D eigenvalue weighted by Crippen LogP contribution is 2.18. The van der Waals surface area contributed by atoms with Gasteiger partial charge in [0.1, 0.15) is 6.61 Å². The van der Waals surface area contributed by atoms with Gasteiger partial charge >= 0.3 is 0 Å². The summed E-state index contributed by atoms with van der Waals surface area (Å²) in [5.74, 6) is 0.721. The molecule has 0 aromatic carbocycles. The van der Waals surface area contributed by atoms with Crippen molar-refractivity contribution >= 4 is 11.8 Å². The fraction of sp³-hybridized carbons (Fsp3) is 0.875. The van der Waals surface area contributed by atoms with E-state index in [1.807, 2.05) is 18.9 Å². The maximum Gasteiger partial charge on any atom is 0.248 e. The number of nitrogens with one attached hydrogen (secondary N) is 1. The van der Waals surface area contributed by atoms with E-state index in [0.29, 0.717) is 12.5 Å². The lowest BCUT2D eigenvalue weighted by Crippen LogP contribution is -2.46. The quantitative estimate of drug-likeness (QED) is 0.775. The van der Waals surface area contributed by atoms with Crippen molar-refractivity contribution in [3.8, 4) is 0 Å². The van der Waals surface area contributed by atoms with Gasteiger partial charge in [0, 0.05) is 26.2 Å². The third-order valence-corrected chi connectivity index (χ3v) is 4.78. The number of carbonyl (C=O) groups is 2. The number of ether oxygens (including phenoxy) is 1. The maximum absolute atomic E-state index is 12.2. The summed E-state index contributed by atoms with van der Waals surface area (Å²) in [5.41, 5.74) is 0.